The molecule has 0 bridgehead atoms. The number of hydrogen-bond acceptors (Lipinski definition) is 5. The molecule has 0 aliphatic heterocycles. The lowest BCUT2D eigenvalue weighted by Gasteiger charge is -2.08. The maximum Gasteiger partial charge on any atom is 0.227 e. The van der Waals surface area contributed by atoms with Crippen molar-refractivity contribution in [1.29, 1.82) is 0 Å². The molecule has 1 aliphatic carbocycles. The zero-order valence-corrected chi connectivity index (χ0v) is 12.6. The van der Waals surface area contributed by atoms with Crippen LogP contribution in [0.25, 0.3) is 10.2 Å². The number of benzene rings is 1. The average Bonchev–Trinajstić information content (AvgIpc) is 3.27. The molecular weight excluding hydrogens is 296 g/mol. The molecule has 5 nitrogen and oxygen atoms in total. The number of carbonyl (C=O) groups is 1. The highest BCUT2D eigenvalue weighted by Crippen LogP contribution is 2.30. The molecule has 1 amide bonds. The van der Waals surface area contributed by atoms with Crippen LogP contribution in [0.3, 0.4) is 0 Å². The van der Waals surface area contributed by atoms with Gasteiger partial charge >= 0.3 is 0 Å². The number of nitrogens with one attached hydrogen (secondary N) is 2. The van der Waals surface area contributed by atoms with E-state index in [2.05, 4.69) is 20.6 Å². The first-order chi connectivity index (χ1) is 10.8. The van der Waals surface area contributed by atoms with E-state index in [4.69, 9.17) is 0 Å². The van der Waals surface area contributed by atoms with Crippen molar-refractivity contribution in [2.75, 3.05) is 10.6 Å². The molecule has 1 fully saturated rings. The van der Waals surface area contributed by atoms with E-state index in [1.165, 1.54) is 0 Å². The molecule has 0 atom stereocenters. The van der Waals surface area contributed by atoms with Crippen LogP contribution < -0.4 is 10.6 Å². The number of rotatable bonds is 4. The van der Waals surface area contributed by atoms with Gasteiger partial charge in [0.2, 0.25) is 5.91 Å². The number of carbonyl (C=O) groups excluding carboxylic acids is 1. The third-order valence-corrected chi connectivity index (χ3v) is 4.45. The van der Waals surface area contributed by atoms with Crippen LogP contribution >= 0.6 is 11.3 Å². The van der Waals surface area contributed by atoms with Crippen LogP contribution in [0.2, 0.25) is 0 Å². The molecule has 3 aromatic rings. The minimum absolute atomic E-state index is 0.122. The second-order valence-corrected chi connectivity index (χ2v) is 6.22. The first kappa shape index (κ1) is 13.2. The standard InChI is InChI=1S/C16H14N4OS/c21-15(10-1-2-10)20-12-5-3-11(4-6-12)19-14-13-7-8-22-16(13)18-9-17-14/h3-10H,1-2H2,(H,20,21)(H,17,18,19). The summed E-state index contributed by atoms with van der Waals surface area (Å²) < 4.78 is 0. The zero-order valence-electron chi connectivity index (χ0n) is 11.7. The summed E-state index contributed by atoms with van der Waals surface area (Å²) in [5.41, 5.74) is 1.75. The van der Waals surface area contributed by atoms with Crippen LogP contribution in [-0.4, -0.2) is 15.9 Å². The van der Waals surface area contributed by atoms with Crippen molar-refractivity contribution < 1.29 is 4.79 Å². The summed E-state index contributed by atoms with van der Waals surface area (Å²) >= 11 is 1.59. The SMILES string of the molecule is O=C(Nc1ccc(Nc2ncnc3sccc23)cc1)C1CC1. The minimum Gasteiger partial charge on any atom is -0.340 e. The lowest BCUT2D eigenvalue weighted by atomic mass is 10.2. The summed E-state index contributed by atoms with van der Waals surface area (Å²) in [4.78, 5) is 21.2. The first-order valence-electron chi connectivity index (χ1n) is 7.16. The Morgan fingerprint density at radius 2 is 1.86 bits per heavy atom. The molecule has 2 N–H and O–H groups in total. The van der Waals surface area contributed by atoms with Gasteiger partial charge in [-0.3, -0.25) is 4.79 Å². The fraction of sp³-hybridized carbons (Fsp3) is 0.188. The number of amides is 1. The van der Waals surface area contributed by atoms with Gasteiger partial charge in [-0.15, -0.1) is 11.3 Å². The minimum atomic E-state index is 0.122. The molecule has 22 heavy (non-hydrogen) atoms. The molecule has 0 radical (unpaired) electrons. The Morgan fingerprint density at radius 1 is 1.09 bits per heavy atom. The quantitative estimate of drug-likeness (QED) is 0.769. The Kier molecular flexibility index (Phi) is 3.23. The molecule has 6 heteroatoms. The normalized spacial score (nSPS) is 14.0. The summed E-state index contributed by atoms with van der Waals surface area (Å²) in [7, 11) is 0. The van der Waals surface area contributed by atoms with Crippen LogP contribution in [0.5, 0.6) is 0 Å². The molecule has 1 aliphatic rings. The summed E-state index contributed by atoms with van der Waals surface area (Å²) in [5, 5.41) is 9.23. The van der Waals surface area contributed by atoms with Crippen LogP contribution in [0.15, 0.2) is 42.0 Å². The highest BCUT2D eigenvalue weighted by atomic mass is 32.1. The molecule has 0 saturated heterocycles. The van der Waals surface area contributed by atoms with Gasteiger partial charge in [-0.1, -0.05) is 0 Å². The molecule has 0 spiro atoms. The molecular formula is C16H14N4OS. The summed E-state index contributed by atoms with van der Waals surface area (Å²) in [6, 6.07) is 9.67. The van der Waals surface area contributed by atoms with Gasteiger partial charge in [0.25, 0.3) is 0 Å². The molecule has 1 saturated carbocycles. The van der Waals surface area contributed by atoms with E-state index < -0.39 is 0 Å². The van der Waals surface area contributed by atoms with Crippen molar-refractivity contribution in [3.05, 3.63) is 42.0 Å². The predicted octanol–water partition coefficient (Wildman–Crippen LogP) is 3.78. The van der Waals surface area contributed by atoms with Gasteiger partial charge in [0, 0.05) is 17.3 Å². The van der Waals surface area contributed by atoms with Crippen LogP contribution in [-0.2, 0) is 4.79 Å². The van der Waals surface area contributed by atoms with E-state index in [0.717, 1.165) is 40.3 Å². The topological polar surface area (TPSA) is 66.9 Å². The third kappa shape index (κ3) is 2.65. The lowest BCUT2D eigenvalue weighted by Crippen LogP contribution is -2.13. The highest BCUT2D eigenvalue weighted by Gasteiger charge is 2.29. The van der Waals surface area contributed by atoms with E-state index >= 15 is 0 Å². The van der Waals surface area contributed by atoms with Crippen molar-refractivity contribution >= 4 is 44.7 Å². The van der Waals surface area contributed by atoms with Gasteiger partial charge in [0.15, 0.2) is 0 Å². The maximum atomic E-state index is 11.7. The third-order valence-electron chi connectivity index (χ3n) is 3.63. The molecule has 110 valence electrons. The smallest absolute Gasteiger partial charge is 0.227 e. The molecule has 1 aromatic carbocycles. The van der Waals surface area contributed by atoms with Gasteiger partial charge in [0.1, 0.15) is 17.0 Å². The number of fused-ring (bicyclic) bond motifs is 1. The van der Waals surface area contributed by atoms with Gasteiger partial charge in [-0.05, 0) is 48.6 Å². The van der Waals surface area contributed by atoms with Crippen molar-refractivity contribution in [2.24, 2.45) is 5.92 Å². The van der Waals surface area contributed by atoms with Crippen molar-refractivity contribution in [2.45, 2.75) is 12.8 Å². The predicted molar refractivity (Wildman–Crippen MR) is 88.5 cm³/mol. The Hall–Kier alpha value is -2.47. The fourth-order valence-electron chi connectivity index (χ4n) is 2.25. The second-order valence-electron chi connectivity index (χ2n) is 5.33. The second kappa shape index (κ2) is 5.38. The van der Waals surface area contributed by atoms with Crippen molar-refractivity contribution in [1.82, 2.24) is 9.97 Å². The van der Waals surface area contributed by atoms with Gasteiger partial charge in [-0.25, -0.2) is 9.97 Å². The van der Waals surface area contributed by atoms with Crippen LogP contribution in [0.4, 0.5) is 17.2 Å². The Balaban J connectivity index is 1.51. The fourth-order valence-corrected chi connectivity index (χ4v) is 2.99. The molecule has 2 aromatic heterocycles. The molecule has 0 unspecified atom stereocenters. The van der Waals surface area contributed by atoms with Crippen LogP contribution in [0.1, 0.15) is 12.8 Å². The number of anilines is 3. The molecule has 2 heterocycles. The number of thiophene rings is 1. The van der Waals surface area contributed by atoms with Crippen molar-refractivity contribution in [3.63, 3.8) is 0 Å². The number of aromatic nitrogens is 2. The Bertz CT molecular complexity index is 824. The van der Waals surface area contributed by atoms with E-state index in [-0.39, 0.29) is 11.8 Å². The maximum absolute atomic E-state index is 11.7. The van der Waals surface area contributed by atoms with E-state index in [1.807, 2.05) is 35.7 Å². The van der Waals surface area contributed by atoms with Crippen molar-refractivity contribution in [3.8, 4) is 0 Å². The highest BCUT2D eigenvalue weighted by molar-refractivity contribution is 7.16. The van der Waals surface area contributed by atoms with E-state index in [1.54, 1.807) is 17.7 Å². The van der Waals surface area contributed by atoms with Gasteiger partial charge in [0.05, 0.1) is 5.39 Å². The van der Waals surface area contributed by atoms with E-state index in [0.29, 0.717) is 0 Å². The van der Waals surface area contributed by atoms with Gasteiger partial charge < -0.3 is 10.6 Å². The van der Waals surface area contributed by atoms with Gasteiger partial charge in [-0.2, -0.15) is 0 Å². The Morgan fingerprint density at radius 3 is 2.64 bits per heavy atom. The monoisotopic (exact) mass is 310 g/mol. The summed E-state index contributed by atoms with van der Waals surface area (Å²) in [6.07, 6.45) is 3.58. The molecule has 4 rings (SSSR count). The summed E-state index contributed by atoms with van der Waals surface area (Å²) in [5.74, 6) is 1.13. The first-order valence-corrected chi connectivity index (χ1v) is 8.04. The largest absolute Gasteiger partial charge is 0.340 e. The summed E-state index contributed by atoms with van der Waals surface area (Å²) in [6.45, 7) is 0. The average molecular weight is 310 g/mol. The lowest BCUT2D eigenvalue weighted by molar-refractivity contribution is -0.117. The number of hydrogen-bond donors (Lipinski definition) is 2. The Labute approximate surface area is 131 Å². The zero-order chi connectivity index (χ0) is 14.9. The van der Waals surface area contributed by atoms with Crippen LogP contribution in [0, 0.1) is 5.92 Å². The van der Waals surface area contributed by atoms with E-state index in [9.17, 15) is 4.79 Å². The number of nitrogens with zero attached hydrogens (tertiary/aromatic N) is 2.